The molecule has 0 atom stereocenters. The maximum atomic E-state index is 11.8. The van der Waals surface area contributed by atoms with E-state index in [1.807, 2.05) is 43.3 Å². The SMILES string of the molecule is COC(=O)c1cc(O)c2cc3ccccc3cc2c1C. The largest absolute Gasteiger partial charge is 0.507 e. The Morgan fingerprint density at radius 3 is 2.25 bits per heavy atom. The van der Waals surface area contributed by atoms with Crippen LogP contribution in [0, 0.1) is 6.92 Å². The van der Waals surface area contributed by atoms with Crippen molar-refractivity contribution in [3.05, 3.63) is 53.6 Å². The summed E-state index contributed by atoms with van der Waals surface area (Å²) >= 11 is 0. The zero-order valence-corrected chi connectivity index (χ0v) is 11.3. The second-order valence-corrected chi connectivity index (χ2v) is 4.80. The number of benzene rings is 3. The number of carbonyl (C=O) groups excluding carboxylic acids is 1. The molecule has 3 aromatic rings. The summed E-state index contributed by atoms with van der Waals surface area (Å²) in [6.45, 7) is 1.86. The lowest BCUT2D eigenvalue weighted by Gasteiger charge is -2.11. The van der Waals surface area contributed by atoms with Gasteiger partial charge in [0.05, 0.1) is 12.7 Å². The number of phenolic OH excluding ortho intramolecular Hbond substituents is 1. The second kappa shape index (κ2) is 4.53. The van der Waals surface area contributed by atoms with E-state index in [0.29, 0.717) is 5.56 Å². The molecule has 100 valence electrons. The number of methoxy groups -OCH3 is 1. The Bertz CT molecular complexity index is 834. The molecule has 0 aromatic heterocycles. The van der Waals surface area contributed by atoms with Crippen molar-refractivity contribution < 1.29 is 14.6 Å². The topological polar surface area (TPSA) is 46.5 Å². The molecule has 3 aromatic carbocycles. The molecule has 20 heavy (non-hydrogen) atoms. The lowest BCUT2D eigenvalue weighted by atomic mass is 9.96. The first kappa shape index (κ1) is 12.5. The van der Waals surface area contributed by atoms with E-state index < -0.39 is 5.97 Å². The van der Waals surface area contributed by atoms with Crippen molar-refractivity contribution >= 4 is 27.5 Å². The zero-order valence-electron chi connectivity index (χ0n) is 11.3. The van der Waals surface area contributed by atoms with E-state index in [0.717, 1.165) is 27.1 Å². The Kier molecular flexibility index (Phi) is 2.83. The number of hydrogen-bond donors (Lipinski definition) is 1. The molecule has 0 aliphatic heterocycles. The van der Waals surface area contributed by atoms with Crippen LogP contribution in [-0.2, 0) is 4.74 Å². The van der Waals surface area contributed by atoms with Crippen LogP contribution in [0.3, 0.4) is 0 Å². The number of esters is 1. The van der Waals surface area contributed by atoms with Gasteiger partial charge in [0.25, 0.3) is 0 Å². The molecule has 3 nitrogen and oxygen atoms in total. The molecule has 0 unspecified atom stereocenters. The molecule has 0 aliphatic rings. The minimum Gasteiger partial charge on any atom is -0.507 e. The first-order valence-electron chi connectivity index (χ1n) is 6.35. The quantitative estimate of drug-likeness (QED) is 0.538. The average molecular weight is 266 g/mol. The maximum absolute atomic E-state index is 11.8. The zero-order chi connectivity index (χ0) is 14.3. The molecule has 3 heteroatoms. The highest BCUT2D eigenvalue weighted by atomic mass is 16.5. The molecule has 0 radical (unpaired) electrons. The average Bonchev–Trinajstić information content (AvgIpc) is 2.48. The van der Waals surface area contributed by atoms with E-state index in [1.54, 1.807) is 0 Å². The van der Waals surface area contributed by atoms with Gasteiger partial charge in [0.1, 0.15) is 5.75 Å². The summed E-state index contributed by atoms with van der Waals surface area (Å²) in [5.74, 6) is -0.343. The van der Waals surface area contributed by atoms with Gasteiger partial charge in [0, 0.05) is 5.39 Å². The normalized spacial score (nSPS) is 10.9. The summed E-state index contributed by atoms with van der Waals surface area (Å²) in [4.78, 5) is 11.8. The summed E-state index contributed by atoms with van der Waals surface area (Å²) in [6, 6.07) is 13.3. The molecule has 0 amide bonds. The predicted octanol–water partition coefficient (Wildman–Crippen LogP) is 3.79. The van der Waals surface area contributed by atoms with Crippen LogP contribution in [0.15, 0.2) is 42.5 Å². The Labute approximate surface area is 116 Å². The van der Waals surface area contributed by atoms with Gasteiger partial charge in [0.2, 0.25) is 0 Å². The number of hydrogen-bond acceptors (Lipinski definition) is 3. The fraction of sp³-hybridized carbons (Fsp3) is 0.118. The summed E-state index contributed by atoms with van der Waals surface area (Å²) in [5.41, 5.74) is 1.21. The van der Waals surface area contributed by atoms with Gasteiger partial charge in [-0.15, -0.1) is 0 Å². The van der Waals surface area contributed by atoms with Crippen molar-refractivity contribution in [2.24, 2.45) is 0 Å². The van der Waals surface area contributed by atoms with Crippen molar-refractivity contribution in [1.82, 2.24) is 0 Å². The molecule has 0 saturated heterocycles. The van der Waals surface area contributed by atoms with Gasteiger partial charge in [-0.1, -0.05) is 24.3 Å². The van der Waals surface area contributed by atoms with Crippen LogP contribution in [0.5, 0.6) is 5.75 Å². The summed E-state index contributed by atoms with van der Waals surface area (Å²) < 4.78 is 4.76. The number of ether oxygens (including phenoxy) is 1. The van der Waals surface area contributed by atoms with Crippen molar-refractivity contribution in [3.8, 4) is 5.75 Å². The fourth-order valence-electron chi connectivity index (χ4n) is 2.55. The highest BCUT2D eigenvalue weighted by molar-refractivity contribution is 6.06. The molecule has 3 rings (SSSR count). The van der Waals surface area contributed by atoms with Gasteiger partial charge < -0.3 is 9.84 Å². The van der Waals surface area contributed by atoms with Gasteiger partial charge in [-0.05, 0) is 46.8 Å². The van der Waals surface area contributed by atoms with Gasteiger partial charge in [-0.3, -0.25) is 0 Å². The number of aryl methyl sites for hydroxylation is 1. The number of aromatic hydroxyl groups is 1. The van der Waals surface area contributed by atoms with Gasteiger partial charge in [-0.2, -0.15) is 0 Å². The Balaban J connectivity index is 2.43. The summed E-state index contributed by atoms with van der Waals surface area (Å²) in [7, 11) is 1.34. The molecule has 0 aliphatic carbocycles. The number of rotatable bonds is 1. The Morgan fingerprint density at radius 2 is 1.65 bits per heavy atom. The first-order chi connectivity index (χ1) is 9.61. The summed E-state index contributed by atoms with van der Waals surface area (Å²) in [6.07, 6.45) is 0. The molecular weight excluding hydrogens is 252 g/mol. The third-order valence-corrected chi connectivity index (χ3v) is 3.66. The van der Waals surface area contributed by atoms with Crippen LogP contribution >= 0.6 is 0 Å². The summed E-state index contributed by atoms with van der Waals surface area (Å²) in [5, 5.41) is 13.9. The molecule has 0 saturated carbocycles. The van der Waals surface area contributed by atoms with Gasteiger partial charge in [0.15, 0.2) is 0 Å². The second-order valence-electron chi connectivity index (χ2n) is 4.80. The number of phenols is 1. The van der Waals surface area contributed by atoms with Crippen molar-refractivity contribution in [2.45, 2.75) is 6.92 Å². The molecule has 0 fully saturated rings. The lowest BCUT2D eigenvalue weighted by Crippen LogP contribution is -2.04. The maximum Gasteiger partial charge on any atom is 0.338 e. The van der Waals surface area contributed by atoms with Crippen LogP contribution in [0.25, 0.3) is 21.5 Å². The first-order valence-corrected chi connectivity index (χ1v) is 6.35. The third-order valence-electron chi connectivity index (χ3n) is 3.66. The highest BCUT2D eigenvalue weighted by Crippen LogP contribution is 2.33. The van der Waals surface area contributed by atoms with Crippen LogP contribution in [0.4, 0.5) is 0 Å². The molecule has 1 N–H and O–H groups in total. The smallest absolute Gasteiger partial charge is 0.338 e. The van der Waals surface area contributed by atoms with E-state index in [-0.39, 0.29) is 5.75 Å². The van der Waals surface area contributed by atoms with E-state index in [2.05, 4.69) is 0 Å². The third kappa shape index (κ3) is 1.79. The molecule has 0 spiro atoms. The molecule has 0 heterocycles. The van der Waals surface area contributed by atoms with Gasteiger partial charge >= 0.3 is 5.97 Å². The monoisotopic (exact) mass is 266 g/mol. The van der Waals surface area contributed by atoms with Crippen molar-refractivity contribution in [2.75, 3.05) is 7.11 Å². The minimum absolute atomic E-state index is 0.0942. The number of fused-ring (bicyclic) bond motifs is 2. The highest BCUT2D eigenvalue weighted by Gasteiger charge is 2.15. The number of carbonyl (C=O) groups is 1. The van der Waals surface area contributed by atoms with Crippen LogP contribution in [-0.4, -0.2) is 18.2 Å². The predicted molar refractivity (Wildman–Crippen MR) is 79.2 cm³/mol. The van der Waals surface area contributed by atoms with Crippen molar-refractivity contribution in [3.63, 3.8) is 0 Å². The molecular formula is C17H14O3. The molecule has 0 bridgehead atoms. The fourth-order valence-corrected chi connectivity index (χ4v) is 2.55. The van der Waals surface area contributed by atoms with Crippen LogP contribution in [0.1, 0.15) is 15.9 Å². The van der Waals surface area contributed by atoms with E-state index in [1.165, 1.54) is 13.2 Å². The lowest BCUT2D eigenvalue weighted by molar-refractivity contribution is 0.0599. The Hall–Kier alpha value is -2.55. The van der Waals surface area contributed by atoms with E-state index in [9.17, 15) is 9.90 Å². The van der Waals surface area contributed by atoms with Gasteiger partial charge in [-0.25, -0.2) is 4.79 Å². The van der Waals surface area contributed by atoms with Crippen LogP contribution < -0.4 is 0 Å². The van der Waals surface area contributed by atoms with E-state index >= 15 is 0 Å². The minimum atomic E-state index is -0.437. The Morgan fingerprint density at radius 1 is 1.05 bits per heavy atom. The van der Waals surface area contributed by atoms with E-state index in [4.69, 9.17) is 4.74 Å². The standard InChI is InChI=1S/C17H14O3/c1-10-13-7-11-5-3-4-6-12(11)8-15(13)16(18)9-14(10)17(19)20-2/h3-9,18H,1-2H3. The van der Waals surface area contributed by atoms with Crippen molar-refractivity contribution in [1.29, 1.82) is 0 Å². The van der Waals surface area contributed by atoms with Crippen LogP contribution in [0.2, 0.25) is 0 Å².